The number of halogens is 2. The predicted octanol–water partition coefficient (Wildman–Crippen LogP) is 4.08. The molecular weight excluding hydrogens is 375 g/mol. The lowest BCUT2D eigenvalue weighted by atomic mass is 10.1. The van der Waals surface area contributed by atoms with Crippen LogP contribution in [0.4, 0.5) is 10.1 Å². The van der Waals surface area contributed by atoms with E-state index in [1.54, 1.807) is 18.2 Å². The molecule has 0 aromatic heterocycles. The summed E-state index contributed by atoms with van der Waals surface area (Å²) in [6, 6.07) is 12.4. The summed E-state index contributed by atoms with van der Waals surface area (Å²) in [5.41, 5.74) is 0.993. The second-order valence-electron chi connectivity index (χ2n) is 5.59. The number of nitrogens with one attached hydrogen (secondary N) is 1. The molecule has 0 radical (unpaired) electrons. The van der Waals surface area contributed by atoms with Crippen LogP contribution in [0, 0.1) is 5.82 Å². The molecule has 0 spiro atoms. The molecule has 0 bridgehead atoms. The highest BCUT2D eigenvalue weighted by Gasteiger charge is 2.21. The fraction of sp³-hybridized carbons (Fsp3) is 0.222. The first-order valence-electron chi connectivity index (χ1n) is 7.49. The first-order chi connectivity index (χ1) is 11.4. The van der Waals surface area contributed by atoms with Gasteiger partial charge in [0.05, 0.1) is 0 Å². The Hall–Kier alpha value is -2.21. The van der Waals surface area contributed by atoms with E-state index in [0.29, 0.717) is 11.3 Å². The maximum Gasteiger partial charge on any atom is 0.254 e. The second-order valence-corrected chi connectivity index (χ2v) is 6.51. The zero-order valence-electron chi connectivity index (χ0n) is 13.4. The topological polar surface area (TPSA) is 49.4 Å². The number of hydrogen-bond acceptors (Lipinski definition) is 2. The third kappa shape index (κ3) is 4.89. The van der Waals surface area contributed by atoms with Gasteiger partial charge in [0, 0.05) is 21.8 Å². The van der Waals surface area contributed by atoms with Gasteiger partial charge in [-0.2, -0.15) is 0 Å². The number of anilines is 1. The molecule has 2 rings (SSSR count). The summed E-state index contributed by atoms with van der Waals surface area (Å²) in [6.45, 7) is 3.61. The lowest BCUT2D eigenvalue weighted by molar-refractivity contribution is -0.117. The van der Waals surface area contributed by atoms with Crippen LogP contribution in [0.5, 0.6) is 0 Å². The van der Waals surface area contributed by atoms with Crippen molar-refractivity contribution in [3.8, 4) is 0 Å². The molecular formula is C18H18BrFN2O2. The Balaban J connectivity index is 2.09. The molecule has 2 aromatic carbocycles. The van der Waals surface area contributed by atoms with Gasteiger partial charge in [0.15, 0.2) is 0 Å². The maximum absolute atomic E-state index is 12.9. The van der Waals surface area contributed by atoms with Crippen LogP contribution in [0.15, 0.2) is 53.0 Å². The lowest BCUT2D eigenvalue weighted by Gasteiger charge is -2.26. The summed E-state index contributed by atoms with van der Waals surface area (Å²) < 4.78 is 13.7. The average molecular weight is 393 g/mol. The minimum Gasteiger partial charge on any atom is -0.327 e. The normalized spacial score (nSPS) is 10.5. The van der Waals surface area contributed by atoms with Crippen LogP contribution in [0.2, 0.25) is 0 Å². The van der Waals surface area contributed by atoms with Crippen LogP contribution >= 0.6 is 15.9 Å². The van der Waals surface area contributed by atoms with Gasteiger partial charge in [0.25, 0.3) is 5.91 Å². The molecule has 0 heterocycles. The van der Waals surface area contributed by atoms with Crippen molar-refractivity contribution >= 4 is 33.4 Å². The first-order valence-corrected chi connectivity index (χ1v) is 8.28. The summed E-state index contributed by atoms with van der Waals surface area (Å²) in [5, 5.41) is 2.66. The van der Waals surface area contributed by atoms with Gasteiger partial charge >= 0.3 is 0 Å². The highest BCUT2D eigenvalue weighted by Crippen LogP contribution is 2.15. The van der Waals surface area contributed by atoms with Crippen molar-refractivity contribution in [2.75, 3.05) is 11.9 Å². The van der Waals surface area contributed by atoms with E-state index in [1.165, 1.54) is 29.2 Å². The van der Waals surface area contributed by atoms with E-state index < -0.39 is 0 Å². The van der Waals surface area contributed by atoms with Gasteiger partial charge in [0.1, 0.15) is 12.4 Å². The van der Waals surface area contributed by atoms with Crippen molar-refractivity contribution in [1.82, 2.24) is 4.90 Å². The summed E-state index contributed by atoms with van der Waals surface area (Å²) >= 11 is 3.34. The Kier molecular flexibility index (Phi) is 6.09. The second kappa shape index (κ2) is 8.06. The van der Waals surface area contributed by atoms with Crippen molar-refractivity contribution < 1.29 is 14.0 Å². The lowest BCUT2D eigenvalue weighted by Crippen LogP contribution is -2.42. The standard InChI is InChI=1S/C18H18BrFN2O2/c1-12(2)22(18(24)13-4-3-5-14(19)10-13)11-17(23)21-16-8-6-15(20)7-9-16/h3-10,12H,11H2,1-2H3,(H,21,23). The van der Waals surface area contributed by atoms with Crippen molar-refractivity contribution in [3.63, 3.8) is 0 Å². The molecule has 0 atom stereocenters. The molecule has 4 nitrogen and oxygen atoms in total. The van der Waals surface area contributed by atoms with E-state index in [2.05, 4.69) is 21.2 Å². The van der Waals surface area contributed by atoms with Gasteiger partial charge < -0.3 is 10.2 Å². The van der Waals surface area contributed by atoms with Crippen LogP contribution in [0.25, 0.3) is 0 Å². The number of carbonyl (C=O) groups excluding carboxylic acids is 2. The molecule has 126 valence electrons. The largest absolute Gasteiger partial charge is 0.327 e. The molecule has 0 aliphatic rings. The number of benzene rings is 2. The highest BCUT2D eigenvalue weighted by molar-refractivity contribution is 9.10. The molecule has 0 aliphatic heterocycles. The number of rotatable bonds is 5. The summed E-state index contributed by atoms with van der Waals surface area (Å²) in [4.78, 5) is 26.3. The SMILES string of the molecule is CC(C)N(CC(=O)Nc1ccc(F)cc1)C(=O)c1cccc(Br)c1. The van der Waals surface area contributed by atoms with E-state index in [4.69, 9.17) is 0 Å². The number of amides is 2. The van der Waals surface area contributed by atoms with Crippen molar-refractivity contribution in [3.05, 3.63) is 64.4 Å². The van der Waals surface area contributed by atoms with Crippen LogP contribution < -0.4 is 5.32 Å². The molecule has 24 heavy (non-hydrogen) atoms. The van der Waals surface area contributed by atoms with Crippen LogP contribution in [-0.4, -0.2) is 29.3 Å². The van der Waals surface area contributed by atoms with Gasteiger partial charge in [0.2, 0.25) is 5.91 Å². The number of carbonyl (C=O) groups is 2. The predicted molar refractivity (Wildman–Crippen MR) is 95.3 cm³/mol. The molecule has 1 N–H and O–H groups in total. The van der Waals surface area contributed by atoms with E-state index >= 15 is 0 Å². The maximum atomic E-state index is 12.9. The molecule has 0 fully saturated rings. The van der Waals surface area contributed by atoms with E-state index in [1.807, 2.05) is 19.9 Å². The molecule has 0 aliphatic carbocycles. The van der Waals surface area contributed by atoms with Crippen molar-refractivity contribution in [2.24, 2.45) is 0 Å². The molecule has 0 saturated carbocycles. The minimum absolute atomic E-state index is 0.0829. The Morgan fingerprint density at radius 3 is 2.42 bits per heavy atom. The molecule has 0 unspecified atom stereocenters. The van der Waals surface area contributed by atoms with Gasteiger partial charge in [-0.1, -0.05) is 22.0 Å². The van der Waals surface area contributed by atoms with Crippen LogP contribution in [0.1, 0.15) is 24.2 Å². The summed E-state index contributed by atoms with van der Waals surface area (Å²) in [5.74, 6) is -0.930. The Labute approximate surface area is 148 Å². The van der Waals surface area contributed by atoms with Crippen LogP contribution in [-0.2, 0) is 4.79 Å². The van der Waals surface area contributed by atoms with Gasteiger partial charge in [-0.05, 0) is 56.3 Å². The smallest absolute Gasteiger partial charge is 0.254 e. The zero-order chi connectivity index (χ0) is 17.7. The zero-order valence-corrected chi connectivity index (χ0v) is 15.0. The molecule has 0 saturated heterocycles. The third-order valence-electron chi connectivity index (χ3n) is 3.40. The van der Waals surface area contributed by atoms with Gasteiger partial charge in [-0.15, -0.1) is 0 Å². The van der Waals surface area contributed by atoms with Gasteiger partial charge in [-0.25, -0.2) is 4.39 Å². The van der Waals surface area contributed by atoms with E-state index in [9.17, 15) is 14.0 Å². The summed E-state index contributed by atoms with van der Waals surface area (Å²) in [7, 11) is 0. The van der Waals surface area contributed by atoms with Crippen LogP contribution in [0.3, 0.4) is 0 Å². The number of nitrogens with zero attached hydrogens (tertiary/aromatic N) is 1. The Morgan fingerprint density at radius 2 is 1.83 bits per heavy atom. The quantitative estimate of drug-likeness (QED) is 0.833. The molecule has 2 amide bonds. The fourth-order valence-electron chi connectivity index (χ4n) is 2.16. The van der Waals surface area contributed by atoms with E-state index in [0.717, 1.165) is 4.47 Å². The van der Waals surface area contributed by atoms with E-state index in [-0.39, 0.29) is 30.2 Å². The third-order valence-corrected chi connectivity index (χ3v) is 3.89. The summed E-state index contributed by atoms with van der Waals surface area (Å²) in [6.07, 6.45) is 0. The van der Waals surface area contributed by atoms with Gasteiger partial charge in [-0.3, -0.25) is 9.59 Å². The van der Waals surface area contributed by atoms with Crippen molar-refractivity contribution in [2.45, 2.75) is 19.9 Å². The average Bonchev–Trinajstić information content (AvgIpc) is 2.54. The molecule has 2 aromatic rings. The Morgan fingerprint density at radius 1 is 1.17 bits per heavy atom. The highest BCUT2D eigenvalue weighted by atomic mass is 79.9. The number of hydrogen-bond donors (Lipinski definition) is 1. The molecule has 6 heteroatoms. The first kappa shape index (κ1) is 18.1. The monoisotopic (exact) mass is 392 g/mol. The Bertz CT molecular complexity index is 732. The van der Waals surface area contributed by atoms with Crippen molar-refractivity contribution in [1.29, 1.82) is 0 Å². The fourth-order valence-corrected chi connectivity index (χ4v) is 2.56. The minimum atomic E-state index is -0.373.